The molecule has 8 nitrogen and oxygen atoms in total. The third kappa shape index (κ3) is 2.21. The van der Waals surface area contributed by atoms with Gasteiger partial charge in [-0.05, 0) is 6.92 Å². The van der Waals surface area contributed by atoms with E-state index in [9.17, 15) is 9.59 Å². The Balaban J connectivity index is 2.06. The molecule has 0 saturated carbocycles. The topological polar surface area (TPSA) is 124 Å². The van der Waals surface area contributed by atoms with Gasteiger partial charge in [-0.2, -0.15) is 5.10 Å². The van der Waals surface area contributed by atoms with Gasteiger partial charge in [0.25, 0.3) is 5.91 Å². The molecule has 0 saturated heterocycles. The number of nitrogens with zero attached hydrogens (tertiary/aromatic N) is 2. The molecule has 1 amide bonds. The predicted octanol–water partition coefficient (Wildman–Crippen LogP) is 0.0694. The van der Waals surface area contributed by atoms with Crippen LogP contribution in [0.3, 0.4) is 0 Å². The van der Waals surface area contributed by atoms with Gasteiger partial charge in [0.15, 0.2) is 11.4 Å². The average Bonchev–Trinajstić information content (AvgIpc) is 2.94. The first-order valence-corrected chi connectivity index (χ1v) is 5.13. The van der Waals surface area contributed by atoms with Crippen LogP contribution in [0.1, 0.15) is 32.2 Å². The van der Waals surface area contributed by atoms with Crippen LogP contribution in [-0.2, 0) is 6.54 Å². The fraction of sp³-hybridized carbons (Fsp3) is 0.200. The zero-order valence-corrected chi connectivity index (χ0v) is 9.52. The number of imidazole rings is 1. The molecule has 2 aromatic heterocycles. The number of aromatic carboxylic acids is 1. The molecule has 2 heterocycles. The summed E-state index contributed by atoms with van der Waals surface area (Å²) in [5.41, 5.74) is 1.31. The number of carboxylic acid groups (broad SMARTS) is 1. The molecule has 0 aromatic carbocycles. The van der Waals surface area contributed by atoms with Crippen molar-refractivity contribution in [1.29, 1.82) is 0 Å². The lowest BCUT2D eigenvalue weighted by atomic mass is 10.2. The quantitative estimate of drug-likeness (QED) is 0.610. The zero-order chi connectivity index (χ0) is 13.1. The first-order valence-electron chi connectivity index (χ1n) is 5.13. The van der Waals surface area contributed by atoms with Crippen LogP contribution >= 0.6 is 0 Å². The van der Waals surface area contributed by atoms with E-state index in [2.05, 4.69) is 25.5 Å². The molecule has 18 heavy (non-hydrogen) atoms. The highest BCUT2D eigenvalue weighted by Gasteiger charge is 2.19. The number of hydrogen-bond acceptors (Lipinski definition) is 4. The van der Waals surface area contributed by atoms with Gasteiger partial charge in [-0.25, -0.2) is 9.78 Å². The minimum atomic E-state index is -1.22. The molecule has 0 radical (unpaired) electrons. The smallest absolute Gasteiger partial charge is 0.354 e. The SMILES string of the molecule is Cc1[nH]ncc1CNC(=O)c1nc[nH]c1C(=O)O. The second kappa shape index (κ2) is 4.70. The number of carboxylic acids is 1. The van der Waals surface area contributed by atoms with E-state index >= 15 is 0 Å². The highest BCUT2D eigenvalue weighted by Crippen LogP contribution is 2.05. The van der Waals surface area contributed by atoms with Crippen molar-refractivity contribution in [2.75, 3.05) is 0 Å². The molecule has 0 aliphatic rings. The Morgan fingerprint density at radius 3 is 2.89 bits per heavy atom. The monoisotopic (exact) mass is 249 g/mol. The number of H-pyrrole nitrogens is 2. The van der Waals surface area contributed by atoms with Gasteiger partial charge in [0.05, 0.1) is 12.5 Å². The molecule has 0 bridgehead atoms. The zero-order valence-electron chi connectivity index (χ0n) is 9.52. The van der Waals surface area contributed by atoms with Crippen molar-refractivity contribution in [2.24, 2.45) is 0 Å². The minimum Gasteiger partial charge on any atom is -0.477 e. The van der Waals surface area contributed by atoms with Crippen molar-refractivity contribution in [3.63, 3.8) is 0 Å². The number of carbonyl (C=O) groups is 2. The van der Waals surface area contributed by atoms with Gasteiger partial charge >= 0.3 is 5.97 Å². The summed E-state index contributed by atoms with van der Waals surface area (Å²) in [5, 5.41) is 18.0. The number of rotatable bonds is 4. The second-order valence-electron chi connectivity index (χ2n) is 3.63. The molecule has 0 spiro atoms. The van der Waals surface area contributed by atoms with E-state index in [1.807, 2.05) is 6.92 Å². The first-order chi connectivity index (χ1) is 8.59. The molecule has 0 unspecified atom stereocenters. The van der Waals surface area contributed by atoms with Gasteiger partial charge in [0.2, 0.25) is 0 Å². The normalized spacial score (nSPS) is 10.3. The number of aromatic nitrogens is 4. The van der Waals surface area contributed by atoms with E-state index < -0.39 is 11.9 Å². The molecular formula is C10H11N5O3. The summed E-state index contributed by atoms with van der Waals surface area (Å²) in [6.07, 6.45) is 2.76. The predicted molar refractivity (Wildman–Crippen MR) is 60.0 cm³/mol. The molecule has 8 heteroatoms. The van der Waals surface area contributed by atoms with Gasteiger partial charge in [-0.3, -0.25) is 9.89 Å². The van der Waals surface area contributed by atoms with Gasteiger partial charge in [0.1, 0.15) is 0 Å². The van der Waals surface area contributed by atoms with Crippen molar-refractivity contribution in [2.45, 2.75) is 13.5 Å². The van der Waals surface area contributed by atoms with Crippen molar-refractivity contribution in [3.8, 4) is 0 Å². The molecule has 4 N–H and O–H groups in total. The second-order valence-corrected chi connectivity index (χ2v) is 3.63. The number of carbonyl (C=O) groups excluding carboxylic acids is 1. The van der Waals surface area contributed by atoms with Crippen molar-refractivity contribution in [3.05, 3.63) is 35.2 Å². The largest absolute Gasteiger partial charge is 0.477 e. The Morgan fingerprint density at radius 1 is 1.50 bits per heavy atom. The van der Waals surface area contributed by atoms with Crippen LogP contribution in [-0.4, -0.2) is 37.1 Å². The standard InChI is InChI=1S/C10H11N5O3/c1-5-6(3-14-15-5)2-11-9(16)7-8(10(17)18)13-4-12-7/h3-4H,2H2,1H3,(H,11,16)(H,12,13)(H,14,15)(H,17,18). The molecule has 94 valence electrons. The van der Waals surface area contributed by atoms with Crippen LogP contribution in [0, 0.1) is 6.92 Å². The summed E-state index contributed by atoms with van der Waals surface area (Å²) in [4.78, 5) is 28.6. The number of aryl methyl sites for hydroxylation is 1. The van der Waals surface area contributed by atoms with E-state index in [0.29, 0.717) is 0 Å². The molecule has 0 atom stereocenters. The van der Waals surface area contributed by atoms with Crippen LogP contribution in [0.25, 0.3) is 0 Å². The molecular weight excluding hydrogens is 238 g/mol. The van der Waals surface area contributed by atoms with Crippen molar-refractivity contribution in [1.82, 2.24) is 25.5 Å². The van der Waals surface area contributed by atoms with E-state index in [1.165, 1.54) is 6.33 Å². The summed E-state index contributed by atoms with van der Waals surface area (Å²) in [7, 11) is 0. The van der Waals surface area contributed by atoms with Crippen LogP contribution in [0.5, 0.6) is 0 Å². The van der Waals surface area contributed by atoms with Crippen LogP contribution < -0.4 is 5.32 Å². The Morgan fingerprint density at radius 2 is 2.28 bits per heavy atom. The number of hydrogen-bond donors (Lipinski definition) is 4. The lowest BCUT2D eigenvalue weighted by molar-refractivity contribution is 0.0685. The van der Waals surface area contributed by atoms with Crippen LogP contribution in [0.15, 0.2) is 12.5 Å². The Kier molecular flexibility index (Phi) is 3.09. The maximum Gasteiger partial charge on any atom is 0.354 e. The van der Waals surface area contributed by atoms with Gasteiger partial charge in [-0.1, -0.05) is 0 Å². The van der Waals surface area contributed by atoms with Crippen molar-refractivity contribution >= 4 is 11.9 Å². The Hall–Kier alpha value is -2.64. The lowest BCUT2D eigenvalue weighted by Crippen LogP contribution is -2.25. The van der Waals surface area contributed by atoms with Crippen LogP contribution in [0.4, 0.5) is 0 Å². The number of amides is 1. The fourth-order valence-corrected chi connectivity index (χ4v) is 1.44. The Labute approximate surface area is 101 Å². The summed E-state index contributed by atoms with van der Waals surface area (Å²) < 4.78 is 0. The highest BCUT2D eigenvalue weighted by molar-refractivity contribution is 6.02. The van der Waals surface area contributed by atoms with Gasteiger partial charge in [0, 0.05) is 17.8 Å². The highest BCUT2D eigenvalue weighted by atomic mass is 16.4. The van der Waals surface area contributed by atoms with E-state index in [-0.39, 0.29) is 17.9 Å². The van der Waals surface area contributed by atoms with Crippen LogP contribution in [0.2, 0.25) is 0 Å². The van der Waals surface area contributed by atoms with E-state index in [1.54, 1.807) is 6.20 Å². The maximum atomic E-state index is 11.8. The third-order valence-corrected chi connectivity index (χ3v) is 2.44. The molecule has 0 aliphatic heterocycles. The minimum absolute atomic E-state index is 0.136. The summed E-state index contributed by atoms with van der Waals surface area (Å²) in [6.45, 7) is 2.08. The van der Waals surface area contributed by atoms with E-state index in [0.717, 1.165) is 11.3 Å². The average molecular weight is 249 g/mol. The summed E-state index contributed by atoms with van der Waals surface area (Å²) in [6, 6.07) is 0. The van der Waals surface area contributed by atoms with Gasteiger partial charge in [-0.15, -0.1) is 0 Å². The number of aromatic amines is 2. The van der Waals surface area contributed by atoms with Gasteiger partial charge < -0.3 is 15.4 Å². The third-order valence-electron chi connectivity index (χ3n) is 2.44. The molecule has 2 aromatic rings. The molecule has 0 fully saturated rings. The Bertz CT molecular complexity index is 586. The molecule has 0 aliphatic carbocycles. The van der Waals surface area contributed by atoms with Crippen molar-refractivity contribution < 1.29 is 14.7 Å². The summed E-state index contributed by atoms with van der Waals surface area (Å²) >= 11 is 0. The molecule has 2 rings (SSSR count). The summed E-state index contributed by atoms with van der Waals surface area (Å²) in [5.74, 6) is -1.77. The maximum absolute atomic E-state index is 11.8. The lowest BCUT2D eigenvalue weighted by Gasteiger charge is -2.02. The first kappa shape index (κ1) is 11.8. The fourth-order valence-electron chi connectivity index (χ4n) is 1.44. The van der Waals surface area contributed by atoms with E-state index in [4.69, 9.17) is 5.11 Å². The number of nitrogens with one attached hydrogen (secondary N) is 3.